The molecule has 2 fully saturated rings. The summed E-state index contributed by atoms with van der Waals surface area (Å²) in [6.45, 7) is 3.70. The molecule has 1 aromatic carbocycles. The Bertz CT molecular complexity index is 1210. The van der Waals surface area contributed by atoms with E-state index in [1.54, 1.807) is 25.3 Å². The number of benzene rings is 1. The summed E-state index contributed by atoms with van der Waals surface area (Å²) in [4.78, 5) is 8.51. The van der Waals surface area contributed by atoms with E-state index in [1.165, 1.54) is 17.0 Å². The van der Waals surface area contributed by atoms with Crippen molar-refractivity contribution in [2.24, 2.45) is 0 Å². The number of fused-ring (bicyclic) bond motifs is 1. The van der Waals surface area contributed by atoms with Crippen LogP contribution < -0.4 is 10.1 Å². The lowest BCUT2D eigenvalue weighted by atomic mass is 9.77. The smallest absolute Gasteiger partial charge is 0.418 e. The Morgan fingerprint density at radius 2 is 1.91 bits per heavy atom. The van der Waals surface area contributed by atoms with Crippen LogP contribution in [0.3, 0.4) is 0 Å². The van der Waals surface area contributed by atoms with E-state index in [2.05, 4.69) is 15.3 Å². The summed E-state index contributed by atoms with van der Waals surface area (Å²) in [5.41, 5.74) is -2.08. The molecule has 1 saturated heterocycles. The van der Waals surface area contributed by atoms with Crippen LogP contribution in [0.4, 0.5) is 13.2 Å². The van der Waals surface area contributed by atoms with E-state index >= 15 is 0 Å². The first-order valence-electron chi connectivity index (χ1n) is 11.8. The van der Waals surface area contributed by atoms with Crippen LogP contribution >= 0.6 is 0 Å². The molecular weight excluding hydrogens is 461 g/mol. The lowest BCUT2D eigenvalue weighted by Crippen LogP contribution is -2.53. The summed E-state index contributed by atoms with van der Waals surface area (Å²) in [6, 6.07) is 7.33. The Kier molecular flexibility index (Phi) is 5.81. The Balaban J connectivity index is 1.38. The molecule has 3 N–H and O–H groups in total. The predicted octanol–water partition coefficient (Wildman–Crippen LogP) is 3.94. The Morgan fingerprint density at radius 1 is 1.14 bits per heavy atom. The monoisotopic (exact) mass is 490 g/mol. The van der Waals surface area contributed by atoms with E-state index in [0.29, 0.717) is 31.4 Å². The van der Waals surface area contributed by atoms with Crippen LogP contribution in [0.2, 0.25) is 0 Å². The van der Waals surface area contributed by atoms with Crippen LogP contribution in [0.1, 0.15) is 56.8 Å². The third-order valence-electron chi connectivity index (χ3n) is 7.03. The third-order valence-corrected chi connectivity index (χ3v) is 7.03. The number of aromatic nitrogens is 3. The lowest BCUT2D eigenvalue weighted by Gasteiger charge is -2.42. The van der Waals surface area contributed by atoms with Crippen molar-refractivity contribution < 1.29 is 28.1 Å². The van der Waals surface area contributed by atoms with Crippen molar-refractivity contribution in [1.29, 1.82) is 0 Å². The minimum atomic E-state index is -4.60. The number of halogens is 3. The number of piperidine rings is 1. The Morgan fingerprint density at radius 3 is 2.57 bits per heavy atom. The van der Waals surface area contributed by atoms with E-state index in [1.807, 2.05) is 13.0 Å². The van der Waals surface area contributed by atoms with Crippen molar-refractivity contribution in [3.8, 4) is 5.75 Å². The SMILES string of the molecule is C[C@H]1C[C@@](O)(c2ccccn2)C[C@@H](COc2cc(C(F)(F)F)c3c(c2)ncn3C2CC(C)(O)C2)N1. The molecule has 1 saturated carbocycles. The maximum atomic E-state index is 14.0. The maximum Gasteiger partial charge on any atom is 0.418 e. The topological polar surface area (TPSA) is 92.4 Å². The van der Waals surface area contributed by atoms with Crippen molar-refractivity contribution in [3.63, 3.8) is 0 Å². The molecule has 188 valence electrons. The third kappa shape index (κ3) is 4.74. The van der Waals surface area contributed by atoms with Crippen molar-refractivity contribution in [2.45, 2.75) is 75.0 Å². The molecule has 3 aromatic rings. The first-order chi connectivity index (χ1) is 16.4. The summed E-state index contributed by atoms with van der Waals surface area (Å²) in [7, 11) is 0. The van der Waals surface area contributed by atoms with E-state index in [-0.39, 0.29) is 41.5 Å². The minimum Gasteiger partial charge on any atom is -0.492 e. The number of hydrogen-bond acceptors (Lipinski definition) is 6. The summed E-state index contributed by atoms with van der Waals surface area (Å²) in [5, 5.41) is 24.7. The van der Waals surface area contributed by atoms with Gasteiger partial charge in [0.05, 0.1) is 34.2 Å². The second-order valence-corrected chi connectivity index (χ2v) is 10.3. The van der Waals surface area contributed by atoms with Gasteiger partial charge in [0.15, 0.2) is 0 Å². The molecule has 0 spiro atoms. The number of nitrogens with zero attached hydrogens (tertiary/aromatic N) is 3. The maximum absolute atomic E-state index is 14.0. The fourth-order valence-electron chi connectivity index (χ4n) is 5.54. The molecule has 35 heavy (non-hydrogen) atoms. The van der Waals surface area contributed by atoms with Crippen molar-refractivity contribution >= 4 is 11.0 Å². The molecule has 10 heteroatoms. The van der Waals surface area contributed by atoms with Gasteiger partial charge < -0.3 is 24.8 Å². The summed E-state index contributed by atoms with van der Waals surface area (Å²) in [5.74, 6) is 0.0667. The van der Waals surface area contributed by atoms with Gasteiger partial charge in [0.1, 0.15) is 18.0 Å². The number of hydrogen-bond donors (Lipinski definition) is 3. The molecule has 2 aromatic heterocycles. The number of nitrogens with one attached hydrogen (secondary N) is 1. The van der Waals surface area contributed by atoms with Gasteiger partial charge in [0.2, 0.25) is 0 Å². The van der Waals surface area contributed by atoms with E-state index < -0.39 is 22.9 Å². The van der Waals surface area contributed by atoms with Gasteiger partial charge in [0, 0.05) is 36.8 Å². The van der Waals surface area contributed by atoms with Gasteiger partial charge in [-0.05, 0) is 51.3 Å². The molecule has 0 amide bonds. The number of rotatable bonds is 5. The highest BCUT2D eigenvalue weighted by atomic mass is 19.4. The van der Waals surface area contributed by atoms with Gasteiger partial charge in [-0.3, -0.25) is 4.98 Å². The normalized spacial score (nSPS) is 31.3. The average molecular weight is 491 g/mol. The second-order valence-electron chi connectivity index (χ2n) is 10.3. The molecule has 5 rings (SSSR count). The largest absolute Gasteiger partial charge is 0.492 e. The summed E-state index contributed by atoms with van der Waals surface area (Å²) >= 11 is 0. The molecule has 0 radical (unpaired) electrons. The zero-order valence-electron chi connectivity index (χ0n) is 19.6. The summed E-state index contributed by atoms with van der Waals surface area (Å²) in [6.07, 6.45) is -0.0325. The zero-order valence-corrected chi connectivity index (χ0v) is 19.6. The minimum absolute atomic E-state index is 0.000657. The number of alkyl halides is 3. The molecule has 0 unspecified atom stereocenters. The number of aliphatic hydroxyl groups is 2. The van der Waals surface area contributed by atoms with E-state index in [0.717, 1.165) is 6.07 Å². The second kappa shape index (κ2) is 8.46. The van der Waals surface area contributed by atoms with Crippen molar-refractivity contribution in [1.82, 2.24) is 19.9 Å². The first kappa shape index (κ1) is 24.0. The Labute approximate surface area is 201 Å². The number of pyridine rings is 1. The van der Waals surface area contributed by atoms with Crippen LogP contribution in [0, 0.1) is 0 Å². The van der Waals surface area contributed by atoms with E-state index in [4.69, 9.17) is 4.74 Å². The highest BCUT2D eigenvalue weighted by Crippen LogP contribution is 2.45. The van der Waals surface area contributed by atoms with Gasteiger partial charge in [-0.2, -0.15) is 13.2 Å². The molecule has 2 aliphatic rings. The lowest BCUT2D eigenvalue weighted by molar-refractivity contribution is -0.136. The zero-order chi connectivity index (χ0) is 25.0. The molecule has 0 bridgehead atoms. The van der Waals surface area contributed by atoms with Crippen LogP contribution in [0.25, 0.3) is 11.0 Å². The van der Waals surface area contributed by atoms with Crippen LogP contribution in [-0.2, 0) is 11.8 Å². The van der Waals surface area contributed by atoms with Crippen molar-refractivity contribution in [2.75, 3.05) is 6.61 Å². The summed E-state index contributed by atoms with van der Waals surface area (Å²) < 4.78 is 49.4. The van der Waals surface area contributed by atoms with Gasteiger partial charge in [-0.25, -0.2) is 4.98 Å². The van der Waals surface area contributed by atoms with Crippen LogP contribution in [0.5, 0.6) is 5.75 Å². The number of ether oxygens (including phenoxy) is 1. The van der Waals surface area contributed by atoms with Gasteiger partial charge in [-0.1, -0.05) is 6.07 Å². The van der Waals surface area contributed by atoms with Gasteiger partial charge in [0.25, 0.3) is 0 Å². The van der Waals surface area contributed by atoms with Crippen molar-refractivity contribution in [3.05, 3.63) is 54.1 Å². The standard InChI is InChI=1S/C25H29F3N4O3/c1-15-9-24(34,21-5-3-4-6-29-21)10-16(31-15)13-35-18-7-19(25(26,27)28)22-20(8-18)30-14-32(22)17-11-23(2,33)12-17/h3-8,14-17,31,33-34H,9-13H2,1-2H3/t15-,16-,17?,23?,24-/m0/s1. The number of imidazole rings is 1. The highest BCUT2D eigenvalue weighted by molar-refractivity contribution is 5.82. The quantitative estimate of drug-likeness (QED) is 0.502. The molecular formula is C25H29F3N4O3. The molecule has 1 aliphatic carbocycles. The molecule has 1 aliphatic heterocycles. The molecule has 7 nitrogen and oxygen atoms in total. The van der Waals surface area contributed by atoms with Gasteiger partial charge >= 0.3 is 6.18 Å². The first-order valence-corrected chi connectivity index (χ1v) is 11.8. The fourth-order valence-corrected chi connectivity index (χ4v) is 5.54. The Hall–Kier alpha value is -2.69. The van der Waals surface area contributed by atoms with E-state index in [9.17, 15) is 23.4 Å². The van der Waals surface area contributed by atoms with Crippen LogP contribution in [0.15, 0.2) is 42.9 Å². The van der Waals surface area contributed by atoms with Crippen LogP contribution in [-0.4, -0.2) is 49.0 Å². The highest BCUT2D eigenvalue weighted by Gasteiger charge is 2.43. The molecule has 3 atom stereocenters. The fraction of sp³-hybridized carbons (Fsp3) is 0.520. The average Bonchev–Trinajstić information content (AvgIpc) is 3.18. The molecule has 3 heterocycles. The van der Waals surface area contributed by atoms with Gasteiger partial charge in [-0.15, -0.1) is 0 Å². The predicted molar refractivity (Wildman–Crippen MR) is 123 cm³/mol.